The van der Waals surface area contributed by atoms with E-state index in [9.17, 15) is 18.5 Å². The standard InChI is InChI=1S/C30H19FN8O3S/c31-23-13-20(14-27-29(23)36-37-39(27)21-8-9-24-25(15-21)35-30(40)34-24)26-10-11-33-38(26)17-19-7-6-18(16-32)12-28(19)43(41,42)22-4-2-1-3-5-22/h1-15H,17H2,(H2,34,35,40). The molecule has 43 heavy (non-hydrogen) atoms. The van der Waals surface area contributed by atoms with Crippen LogP contribution in [0.2, 0.25) is 0 Å². The first-order chi connectivity index (χ1) is 20.8. The summed E-state index contributed by atoms with van der Waals surface area (Å²) in [4.78, 5) is 17.2. The number of nitrogens with zero attached hydrogens (tertiary/aromatic N) is 6. The zero-order valence-corrected chi connectivity index (χ0v) is 22.9. The number of aromatic nitrogens is 7. The van der Waals surface area contributed by atoms with E-state index in [0.29, 0.717) is 39.1 Å². The van der Waals surface area contributed by atoms with Gasteiger partial charge in [-0.25, -0.2) is 22.3 Å². The average Bonchev–Trinajstić information content (AvgIpc) is 3.75. The molecule has 0 saturated carbocycles. The topological polar surface area (TPSA) is 155 Å². The van der Waals surface area contributed by atoms with Crippen LogP contribution in [0, 0.1) is 17.1 Å². The van der Waals surface area contributed by atoms with Crippen LogP contribution in [-0.4, -0.2) is 43.2 Å². The number of benzene rings is 4. The van der Waals surface area contributed by atoms with Crippen molar-refractivity contribution < 1.29 is 12.8 Å². The lowest BCUT2D eigenvalue weighted by atomic mass is 10.1. The molecule has 0 bridgehead atoms. The van der Waals surface area contributed by atoms with E-state index >= 15 is 4.39 Å². The van der Waals surface area contributed by atoms with E-state index in [0.717, 1.165) is 0 Å². The molecule has 3 heterocycles. The van der Waals surface area contributed by atoms with Crippen molar-refractivity contribution >= 4 is 31.9 Å². The summed E-state index contributed by atoms with van der Waals surface area (Å²) in [6.45, 7) is 0.0319. The van der Waals surface area contributed by atoms with Crippen LogP contribution in [-0.2, 0) is 16.4 Å². The van der Waals surface area contributed by atoms with Crippen LogP contribution in [0.3, 0.4) is 0 Å². The van der Waals surface area contributed by atoms with E-state index in [1.54, 1.807) is 65.3 Å². The van der Waals surface area contributed by atoms with Gasteiger partial charge in [0.2, 0.25) is 9.84 Å². The van der Waals surface area contributed by atoms with Crippen LogP contribution in [0.5, 0.6) is 0 Å². The molecule has 4 aromatic carbocycles. The van der Waals surface area contributed by atoms with Gasteiger partial charge in [0.1, 0.15) is 5.52 Å². The number of fused-ring (bicyclic) bond motifs is 2. The first kappa shape index (κ1) is 26.1. The summed E-state index contributed by atoms with van der Waals surface area (Å²) in [6, 6.07) is 24.4. The molecule has 0 aliphatic carbocycles. The van der Waals surface area contributed by atoms with E-state index in [-0.39, 0.29) is 33.1 Å². The number of imidazole rings is 1. The number of hydrogen-bond acceptors (Lipinski definition) is 7. The minimum atomic E-state index is -3.96. The first-order valence-corrected chi connectivity index (χ1v) is 14.4. The SMILES string of the molecule is N#Cc1ccc(Cn2nccc2-c2cc(F)c3nnn(-c4ccc5[nH]c(=O)[nH]c5c4)c3c2)c(S(=O)(=O)c2ccccc2)c1. The largest absolute Gasteiger partial charge is 0.323 e. The molecule has 3 aromatic heterocycles. The van der Waals surface area contributed by atoms with Gasteiger partial charge in [-0.15, -0.1) is 5.10 Å². The second kappa shape index (κ2) is 9.89. The van der Waals surface area contributed by atoms with Crippen LogP contribution in [0.25, 0.3) is 39.0 Å². The van der Waals surface area contributed by atoms with Crippen LogP contribution in [0.4, 0.5) is 4.39 Å². The monoisotopic (exact) mass is 590 g/mol. The fourth-order valence-electron chi connectivity index (χ4n) is 5.07. The highest BCUT2D eigenvalue weighted by atomic mass is 32.2. The van der Waals surface area contributed by atoms with E-state index in [2.05, 4.69) is 25.4 Å². The smallest absolute Gasteiger partial charge is 0.306 e. The minimum absolute atomic E-state index is 0.0127. The van der Waals surface area contributed by atoms with Gasteiger partial charge in [-0.2, -0.15) is 10.4 Å². The number of halogens is 1. The summed E-state index contributed by atoms with van der Waals surface area (Å²) >= 11 is 0. The molecule has 0 saturated heterocycles. The molecule has 0 unspecified atom stereocenters. The van der Waals surface area contributed by atoms with E-state index in [1.165, 1.54) is 35.1 Å². The van der Waals surface area contributed by atoms with Gasteiger partial charge < -0.3 is 9.97 Å². The lowest BCUT2D eigenvalue weighted by Crippen LogP contribution is -2.11. The van der Waals surface area contributed by atoms with Crippen molar-refractivity contribution in [3.05, 3.63) is 119 Å². The van der Waals surface area contributed by atoms with Crippen molar-refractivity contribution in [3.63, 3.8) is 0 Å². The maximum Gasteiger partial charge on any atom is 0.323 e. The molecule has 7 rings (SSSR count). The molecule has 13 heteroatoms. The fraction of sp³-hybridized carbons (Fsp3) is 0.0333. The van der Waals surface area contributed by atoms with E-state index < -0.39 is 15.7 Å². The quantitative estimate of drug-likeness (QED) is 0.292. The molecule has 0 spiro atoms. The molecule has 0 atom stereocenters. The highest BCUT2D eigenvalue weighted by Gasteiger charge is 2.23. The van der Waals surface area contributed by atoms with E-state index in [1.807, 2.05) is 6.07 Å². The maximum absolute atomic E-state index is 15.4. The van der Waals surface area contributed by atoms with Gasteiger partial charge in [-0.3, -0.25) is 4.68 Å². The van der Waals surface area contributed by atoms with Gasteiger partial charge in [0.05, 0.1) is 55.9 Å². The zero-order chi connectivity index (χ0) is 29.7. The Labute approximate surface area is 242 Å². The van der Waals surface area contributed by atoms with E-state index in [4.69, 9.17) is 0 Å². The molecular formula is C30H19FN8O3S. The van der Waals surface area contributed by atoms with Crippen molar-refractivity contribution in [1.29, 1.82) is 5.26 Å². The van der Waals surface area contributed by atoms with Gasteiger partial charge in [0, 0.05) is 11.8 Å². The average molecular weight is 591 g/mol. The van der Waals surface area contributed by atoms with Crippen LogP contribution >= 0.6 is 0 Å². The van der Waals surface area contributed by atoms with Gasteiger partial charge in [0.15, 0.2) is 5.82 Å². The Morgan fingerprint density at radius 1 is 0.930 bits per heavy atom. The highest BCUT2D eigenvalue weighted by Crippen LogP contribution is 2.30. The normalized spacial score (nSPS) is 11.7. The second-order valence-corrected chi connectivity index (χ2v) is 11.7. The van der Waals surface area contributed by atoms with Crippen molar-refractivity contribution in [1.82, 2.24) is 34.7 Å². The molecular weight excluding hydrogens is 571 g/mol. The molecule has 0 fully saturated rings. The number of sulfone groups is 1. The molecule has 210 valence electrons. The molecule has 7 aromatic rings. The first-order valence-electron chi connectivity index (χ1n) is 12.9. The van der Waals surface area contributed by atoms with Crippen molar-refractivity contribution in [2.24, 2.45) is 0 Å². The number of H-pyrrole nitrogens is 2. The number of nitrogens with one attached hydrogen (secondary N) is 2. The van der Waals surface area contributed by atoms with Crippen LogP contribution in [0.15, 0.2) is 106 Å². The Morgan fingerprint density at radius 2 is 1.74 bits per heavy atom. The fourth-order valence-corrected chi connectivity index (χ4v) is 6.60. The number of hydrogen-bond donors (Lipinski definition) is 2. The molecule has 2 N–H and O–H groups in total. The molecule has 11 nitrogen and oxygen atoms in total. The number of aromatic amines is 2. The predicted octanol–water partition coefficient (Wildman–Crippen LogP) is 4.35. The Kier molecular flexibility index (Phi) is 6.00. The Hall–Kier alpha value is -5.87. The Bertz CT molecular complexity index is 2400. The van der Waals surface area contributed by atoms with Crippen molar-refractivity contribution in [2.75, 3.05) is 0 Å². The Balaban J connectivity index is 1.32. The molecule has 0 amide bonds. The summed E-state index contributed by atoms with van der Waals surface area (Å²) in [5.41, 5.74) is 3.42. The number of nitriles is 1. The molecule has 0 aliphatic heterocycles. The molecule has 0 radical (unpaired) electrons. The Morgan fingerprint density at radius 3 is 2.56 bits per heavy atom. The number of rotatable bonds is 6. The summed E-state index contributed by atoms with van der Waals surface area (Å²) in [5.74, 6) is -0.603. The zero-order valence-electron chi connectivity index (χ0n) is 22.1. The lowest BCUT2D eigenvalue weighted by molar-refractivity contribution is 0.592. The third-order valence-electron chi connectivity index (χ3n) is 7.12. The van der Waals surface area contributed by atoms with Gasteiger partial charge in [-0.05, 0) is 66.2 Å². The predicted molar refractivity (Wildman–Crippen MR) is 155 cm³/mol. The summed E-state index contributed by atoms with van der Waals surface area (Å²) in [6.07, 6.45) is 1.54. The summed E-state index contributed by atoms with van der Waals surface area (Å²) < 4.78 is 45.6. The van der Waals surface area contributed by atoms with Gasteiger partial charge in [-0.1, -0.05) is 29.5 Å². The molecule has 0 aliphatic rings. The summed E-state index contributed by atoms with van der Waals surface area (Å²) in [7, 11) is -3.96. The second-order valence-electron chi connectivity index (χ2n) is 9.76. The van der Waals surface area contributed by atoms with Crippen molar-refractivity contribution in [2.45, 2.75) is 16.3 Å². The van der Waals surface area contributed by atoms with Gasteiger partial charge >= 0.3 is 5.69 Å². The maximum atomic E-state index is 15.4. The van der Waals surface area contributed by atoms with Crippen LogP contribution < -0.4 is 5.69 Å². The third kappa shape index (κ3) is 4.46. The lowest BCUT2D eigenvalue weighted by Gasteiger charge is -2.14. The van der Waals surface area contributed by atoms with Crippen LogP contribution in [0.1, 0.15) is 11.1 Å². The van der Waals surface area contributed by atoms with Gasteiger partial charge in [0.25, 0.3) is 0 Å². The highest BCUT2D eigenvalue weighted by molar-refractivity contribution is 7.91. The minimum Gasteiger partial charge on any atom is -0.306 e. The third-order valence-corrected chi connectivity index (χ3v) is 8.97. The van der Waals surface area contributed by atoms with Crippen molar-refractivity contribution in [3.8, 4) is 23.0 Å². The summed E-state index contributed by atoms with van der Waals surface area (Å²) in [5, 5.41) is 22.0.